The van der Waals surface area contributed by atoms with Gasteiger partial charge in [-0.05, 0) is 12.1 Å². The second kappa shape index (κ2) is 5.48. The van der Waals surface area contributed by atoms with E-state index in [-0.39, 0.29) is 24.5 Å². The number of aromatic carboxylic acids is 1. The van der Waals surface area contributed by atoms with Gasteiger partial charge in [-0.3, -0.25) is 0 Å². The van der Waals surface area contributed by atoms with Crippen molar-refractivity contribution in [2.75, 3.05) is 14.2 Å². The molecule has 0 radical (unpaired) electrons. The molecule has 5 nitrogen and oxygen atoms in total. The lowest BCUT2D eigenvalue weighted by Gasteiger charge is -2.10. The summed E-state index contributed by atoms with van der Waals surface area (Å²) in [5, 5.41) is 18.7. The summed E-state index contributed by atoms with van der Waals surface area (Å²) in [5.74, 6) is -1.02. The monoisotopic (exact) mass is 226 g/mol. The van der Waals surface area contributed by atoms with Crippen molar-refractivity contribution < 1.29 is 24.5 Å². The molecular formula is C11H14O5. The zero-order valence-corrected chi connectivity index (χ0v) is 9.19. The van der Waals surface area contributed by atoms with Gasteiger partial charge < -0.3 is 19.7 Å². The van der Waals surface area contributed by atoms with Crippen molar-refractivity contribution in [1.82, 2.24) is 0 Å². The van der Waals surface area contributed by atoms with Crippen LogP contribution in [-0.2, 0) is 22.7 Å². The van der Waals surface area contributed by atoms with Crippen molar-refractivity contribution in [2.45, 2.75) is 13.2 Å². The number of methoxy groups -OCH3 is 2. The highest BCUT2D eigenvalue weighted by atomic mass is 16.5. The number of phenols is 1. The summed E-state index contributed by atoms with van der Waals surface area (Å²) < 4.78 is 9.77. The van der Waals surface area contributed by atoms with E-state index in [1.165, 1.54) is 26.4 Å². The van der Waals surface area contributed by atoms with Crippen LogP contribution in [0.3, 0.4) is 0 Å². The van der Waals surface area contributed by atoms with Crippen molar-refractivity contribution in [1.29, 1.82) is 0 Å². The average Bonchev–Trinajstić information content (AvgIpc) is 2.24. The molecule has 0 aliphatic heterocycles. The van der Waals surface area contributed by atoms with Crippen LogP contribution >= 0.6 is 0 Å². The Labute approximate surface area is 93.2 Å². The van der Waals surface area contributed by atoms with Crippen LogP contribution in [0.1, 0.15) is 21.5 Å². The fourth-order valence-corrected chi connectivity index (χ4v) is 1.41. The van der Waals surface area contributed by atoms with Crippen LogP contribution in [0.15, 0.2) is 12.1 Å². The zero-order valence-electron chi connectivity index (χ0n) is 9.19. The van der Waals surface area contributed by atoms with Crippen LogP contribution in [0, 0.1) is 0 Å². The third-order valence-electron chi connectivity index (χ3n) is 2.11. The van der Waals surface area contributed by atoms with E-state index in [0.29, 0.717) is 11.1 Å². The number of hydrogen-bond acceptors (Lipinski definition) is 4. The highest BCUT2D eigenvalue weighted by Crippen LogP contribution is 2.26. The summed E-state index contributed by atoms with van der Waals surface area (Å²) in [6.45, 7) is 0.313. The van der Waals surface area contributed by atoms with Gasteiger partial charge in [-0.15, -0.1) is 0 Å². The fraction of sp³-hybridized carbons (Fsp3) is 0.364. The molecule has 0 aliphatic rings. The van der Waals surface area contributed by atoms with Crippen LogP contribution in [0.4, 0.5) is 0 Å². The minimum atomic E-state index is -1.05. The molecule has 0 amide bonds. The Bertz CT molecular complexity index is 359. The first-order chi connectivity index (χ1) is 7.60. The molecule has 0 saturated heterocycles. The maximum atomic E-state index is 10.9. The number of benzene rings is 1. The lowest BCUT2D eigenvalue weighted by atomic mass is 10.0. The second-order valence-corrected chi connectivity index (χ2v) is 3.31. The molecule has 1 aromatic carbocycles. The predicted molar refractivity (Wildman–Crippen MR) is 56.5 cm³/mol. The lowest BCUT2D eigenvalue weighted by molar-refractivity contribution is 0.0696. The van der Waals surface area contributed by atoms with E-state index in [1.54, 1.807) is 0 Å². The van der Waals surface area contributed by atoms with E-state index in [4.69, 9.17) is 14.6 Å². The summed E-state index contributed by atoms with van der Waals surface area (Å²) in [7, 11) is 2.95. The van der Waals surface area contributed by atoms with Gasteiger partial charge in [-0.2, -0.15) is 0 Å². The molecule has 0 saturated carbocycles. The quantitative estimate of drug-likeness (QED) is 0.793. The Balaban J connectivity index is 3.21. The minimum Gasteiger partial charge on any atom is -0.507 e. The van der Waals surface area contributed by atoms with Gasteiger partial charge in [0.2, 0.25) is 0 Å². The molecule has 16 heavy (non-hydrogen) atoms. The third kappa shape index (κ3) is 2.71. The lowest BCUT2D eigenvalue weighted by Crippen LogP contribution is -2.02. The first-order valence-corrected chi connectivity index (χ1v) is 4.66. The van der Waals surface area contributed by atoms with E-state index < -0.39 is 5.97 Å². The normalized spacial score (nSPS) is 10.4. The van der Waals surface area contributed by atoms with Gasteiger partial charge >= 0.3 is 5.97 Å². The Kier molecular flexibility index (Phi) is 4.28. The summed E-state index contributed by atoms with van der Waals surface area (Å²) in [5.41, 5.74) is 0.987. The van der Waals surface area contributed by atoms with Gasteiger partial charge in [0.05, 0.1) is 18.8 Å². The molecule has 0 aliphatic carbocycles. The number of aromatic hydroxyl groups is 1. The third-order valence-corrected chi connectivity index (χ3v) is 2.11. The van der Waals surface area contributed by atoms with Crippen LogP contribution in [0.2, 0.25) is 0 Å². The van der Waals surface area contributed by atoms with Crippen molar-refractivity contribution in [3.8, 4) is 5.75 Å². The summed E-state index contributed by atoms with van der Waals surface area (Å²) in [6.07, 6.45) is 0. The van der Waals surface area contributed by atoms with Crippen molar-refractivity contribution in [2.24, 2.45) is 0 Å². The molecule has 5 heteroatoms. The Morgan fingerprint density at radius 3 is 1.94 bits per heavy atom. The summed E-state index contributed by atoms with van der Waals surface area (Å²) in [6, 6.07) is 2.78. The van der Waals surface area contributed by atoms with E-state index in [0.717, 1.165) is 0 Å². The highest BCUT2D eigenvalue weighted by molar-refractivity contribution is 5.88. The van der Waals surface area contributed by atoms with Gasteiger partial charge in [0.25, 0.3) is 0 Å². The van der Waals surface area contributed by atoms with Crippen LogP contribution in [0.25, 0.3) is 0 Å². The SMILES string of the molecule is COCc1cc(C(=O)O)cc(COC)c1O. The second-order valence-electron chi connectivity index (χ2n) is 3.31. The minimum absolute atomic E-state index is 0.0219. The Morgan fingerprint density at radius 1 is 1.19 bits per heavy atom. The number of ether oxygens (including phenoxy) is 2. The number of carbonyl (C=O) groups is 1. The number of hydrogen-bond donors (Lipinski definition) is 2. The number of phenolic OH excluding ortho intramolecular Hbond substituents is 1. The van der Waals surface area contributed by atoms with Gasteiger partial charge in [0.15, 0.2) is 0 Å². The van der Waals surface area contributed by atoms with E-state index in [2.05, 4.69) is 0 Å². The van der Waals surface area contributed by atoms with E-state index in [9.17, 15) is 9.90 Å². The molecule has 1 aromatic rings. The van der Waals surface area contributed by atoms with Gasteiger partial charge in [0.1, 0.15) is 5.75 Å². The Hall–Kier alpha value is -1.59. The van der Waals surface area contributed by atoms with Gasteiger partial charge in [-0.25, -0.2) is 4.79 Å². The maximum Gasteiger partial charge on any atom is 0.335 e. The molecular weight excluding hydrogens is 212 g/mol. The summed E-state index contributed by atoms with van der Waals surface area (Å²) >= 11 is 0. The first kappa shape index (κ1) is 12.5. The molecule has 0 unspecified atom stereocenters. The van der Waals surface area contributed by atoms with Gasteiger partial charge in [0, 0.05) is 25.3 Å². The molecule has 0 fully saturated rings. The molecule has 0 atom stereocenters. The largest absolute Gasteiger partial charge is 0.507 e. The van der Waals surface area contributed by atoms with Crippen molar-refractivity contribution in [3.05, 3.63) is 28.8 Å². The smallest absolute Gasteiger partial charge is 0.335 e. The molecule has 0 bridgehead atoms. The molecule has 0 aromatic heterocycles. The van der Waals surface area contributed by atoms with Crippen molar-refractivity contribution in [3.63, 3.8) is 0 Å². The molecule has 88 valence electrons. The standard InChI is InChI=1S/C11H14O5/c1-15-5-8-3-7(11(13)14)4-9(6-16-2)10(8)12/h3-4,12H,5-6H2,1-2H3,(H,13,14). The van der Waals surface area contributed by atoms with E-state index >= 15 is 0 Å². The first-order valence-electron chi connectivity index (χ1n) is 4.66. The Morgan fingerprint density at radius 2 is 1.62 bits per heavy atom. The fourth-order valence-electron chi connectivity index (χ4n) is 1.41. The van der Waals surface area contributed by atoms with Crippen LogP contribution in [-0.4, -0.2) is 30.4 Å². The maximum absolute atomic E-state index is 10.9. The number of carboxylic acid groups (broad SMARTS) is 1. The molecule has 1 rings (SSSR count). The number of carboxylic acids is 1. The zero-order chi connectivity index (χ0) is 12.1. The highest BCUT2D eigenvalue weighted by Gasteiger charge is 2.13. The number of rotatable bonds is 5. The molecule has 2 N–H and O–H groups in total. The van der Waals surface area contributed by atoms with Crippen LogP contribution < -0.4 is 0 Å². The van der Waals surface area contributed by atoms with E-state index in [1.807, 2.05) is 0 Å². The molecule has 0 spiro atoms. The summed E-state index contributed by atoms with van der Waals surface area (Å²) in [4.78, 5) is 10.9. The van der Waals surface area contributed by atoms with Crippen molar-refractivity contribution >= 4 is 5.97 Å². The topological polar surface area (TPSA) is 76.0 Å². The van der Waals surface area contributed by atoms with Crippen LogP contribution in [0.5, 0.6) is 5.75 Å². The van der Waals surface area contributed by atoms with Gasteiger partial charge in [-0.1, -0.05) is 0 Å². The predicted octanol–water partition coefficient (Wildman–Crippen LogP) is 1.38. The average molecular weight is 226 g/mol. The molecule has 0 heterocycles.